The molecule has 8 aromatic rings. The van der Waals surface area contributed by atoms with E-state index in [-0.39, 0.29) is 11.3 Å². The fourth-order valence-corrected chi connectivity index (χ4v) is 7.26. The summed E-state index contributed by atoms with van der Waals surface area (Å²) in [6.45, 7) is 1.57. The largest absolute Gasteiger partial charge is 0.478 e. The number of carboxylic acids is 1. The molecule has 300 valence electrons. The van der Waals surface area contributed by atoms with Crippen molar-refractivity contribution in [2.45, 2.75) is 70.0 Å². The second-order valence-corrected chi connectivity index (χ2v) is 15.9. The van der Waals surface area contributed by atoms with E-state index in [0.717, 1.165) is 44.7 Å². The van der Waals surface area contributed by atoms with E-state index >= 15 is 0 Å². The van der Waals surface area contributed by atoms with Crippen molar-refractivity contribution in [2.75, 3.05) is 0 Å². The van der Waals surface area contributed by atoms with E-state index in [2.05, 4.69) is 55.2 Å². The summed E-state index contributed by atoms with van der Waals surface area (Å²) in [5, 5.41) is 18.7. The van der Waals surface area contributed by atoms with Crippen molar-refractivity contribution >= 4 is 46.2 Å². The van der Waals surface area contributed by atoms with Gasteiger partial charge in [-0.25, -0.2) is 14.8 Å². The van der Waals surface area contributed by atoms with E-state index in [0.29, 0.717) is 49.0 Å². The number of nitrogens with zero attached hydrogens (tertiary/aromatic N) is 8. The number of aromatic carboxylic acids is 1. The van der Waals surface area contributed by atoms with Gasteiger partial charge in [-0.15, -0.1) is 0 Å². The molecule has 10 rings (SSSR count). The molecular formula is C45H43Cl2N9O3. The van der Waals surface area contributed by atoms with Gasteiger partial charge in [0.2, 0.25) is 0 Å². The van der Waals surface area contributed by atoms with Crippen LogP contribution in [0.15, 0.2) is 122 Å². The summed E-state index contributed by atoms with van der Waals surface area (Å²) < 4.78 is 7.48. The second kappa shape index (κ2) is 17.8. The van der Waals surface area contributed by atoms with Gasteiger partial charge in [0.05, 0.1) is 48.0 Å². The van der Waals surface area contributed by atoms with Gasteiger partial charge in [0.25, 0.3) is 0 Å². The van der Waals surface area contributed by atoms with Gasteiger partial charge in [0.15, 0.2) is 5.78 Å². The molecule has 59 heavy (non-hydrogen) atoms. The van der Waals surface area contributed by atoms with Gasteiger partial charge in [0.1, 0.15) is 11.3 Å². The van der Waals surface area contributed by atoms with E-state index in [1.165, 1.54) is 49.2 Å². The van der Waals surface area contributed by atoms with Crippen molar-refractivity contribution in [3.63, 3.8) is 0 Å². The molecule has 2 aliphatic rings. The zero-order valence-electron chi connectivity index (χ0n) is 32.2. The third kappa shape index (κ3) is 10.5. The maximum Gasteiger partial charge on any atom is 0.338 e. The van der Waals surface area contributed by atoms with Crippen molar-refractivity contribution in [3.8, 4) is 0 Å². The standard InChI is InChI=1S/C23H21ClN4O.C15H14N4O2.C7H8ClN/c24-20-3-1-2-16(10-20)4-8-22(29)19-11-25-28(13-19)15-21-14-27-12-18(17-5-6-17)7-9-23(27)26-21;20-15(21)12-5-16-19(7-12)9-13-8-18-6-11(10-1-2-10)3-4-14(18)17-13;8-7-3-1-2-6(4-7)5-9/h1-3,7,9-14,17H,4-6,8,15H2;3-8,10H,1-2,9H2,(H,20,21);1-4H,5,9H2. The van der Waals surface area contributed by atoms with Gasteiger partial charge < -0.3 is 19.6 Å². The van der Waals surface area contributed by atoms with Crippen LogP contribution in [0, 0.1) is 0 Å². The van der Waals surface area contributed by atoms with Crippen molar-refractivity contribution in [1.29, 1.82) is 0 Å². The molecule has 2 saturated carbocycles. The third-order valence-corrected chi connectivity index (χ3v) is 10.8. The molecule has 0 radical (unpaired) electrons. The molecule has 6 heterocycles. The first-order valence-corrected chi connectivity index (χ1v) is 20.4. The molecule has 2 aromatic carbocycles. The van der Waals surface area contributed by atoms with Crippen molar-refractivity contribution in [3.05, 3.63) is 177 Å². The number of ketones is 1. The van der Waals surface area contributed by atoms with E-state index in [1.807, 2.05) is 71.4 Å². The van der Waals surface area contributed by atoms with Crippen LogP contribution in [0.25, 0.3) is 11.3 Å². The molecule has 3 N–H and O–H groups in total. The van der Waals surface area contributed by atoms with Crippen LogP contribution < -0.4 is 5.73 Å². The first kappa shape index (κ1) is 39.7. The maximum absolute atomic E-state index is 12.5. The van der Waals surface area contributed by atoms with Crippen LogP contribution in [-0.4, -0.2) is 55.2 Å². The van der Waals surface area contributed by atoms with Gasteiger partial charge in [-0.05, 0) is 103 Å². The number of carbonyl (C=O) groups is 2. The van der Waals surface area contributed by atoms with E-state index in [9.17, 15) is 9.59 Å². The monoisotopic (exact) mass is 827 g/mol. The number of hydrogen-bond acceptors (Lipinski definition) is 7. The Bertz CT molecular complexity index is 2740. The highest BCUT2D eigenvalue weighted by molar-refractivity contribution is 6.30. The van der Waals surface area contributed by atoms with E-state index in [1.54, 1.807) is 21.8 Å². The third-order valence-electron chi connectivity index (χ3n) is 10.3. The normalized spacial score (nSPS) is 13.5. The van der Waals surface area contributed by atoms with Crippen LogP contribution in [0.2, 0.25) is 10.0 Å². The zero-order valence-corrected chi connectivity index (χ0v) is 33.8. The van der Waals surface area contributed by atoms with Gasteiger partial charge in [-0.1, -0.05) is 59.6 Å². The fourth-order valence-electron chi connectivity index (χ4n) is 6.84. The molecule has 0 aliphatic heterocycles. The van der Waals surface area contributed by atoms with Crippen molar-refractivity contribution in [2.24, 2.45) is 5.73 Å². The SMILES string of the molecule is NCc1cccc(Cl)c1.O=C(CCc1cccc(Cl)c1)c1cnn(Cc2cn3cc(C4CC4)ccc3n2)c1.O=C(O)c1cnn(Cc2cn3cc(C4CC4)ccc3n2)c1. The lowest BCUT2D eigenvalue weighted by atomic mass is 10.1. The number of halogens is 2. The predicted molar refractivity (Wildman–Crippen MR) is 227 cm³/mol. The Morgan fingerprint density at radius 1 is 0.661 bits per heavy atom. The number of fused-ring (bicyclic) bond motifs is 2. The molecule has 0 unspecified atom stereocenters. The lowest BCUT2D eigenvalue weighted by Crippen LogP contribution is -2.02. The Morgan fingerprint density at radius 3 is 1.64 bits per heavy atom. The number of aromatic nitrogens is 8. The van der Waals surface area contributed by atoms with Crippen LogP contribution in [0.4, 0.5) is 0 Å². The number of carbonyl (C=O) groups excluding carboxylic acids is 1. The fraction of sp³-hybridized carbons (Fsp3) is 0.244. The first-order valence-electron chi connectivity index (χ1n) is 19.6. The average molecular weight is 829 g/mol. The molecule has 0 atom stereocenters. The van der Waals surface area contributed by atoms with Crippen LogP contribution in [0.5, 0.6) is 0 Å². The Balaban J connectivity index is 0.000000140. The van der Waals surface area contributed by atoms with Gasteiger partial charge in [0, 0.05) is 60.2 Å². The number of benzene rings is 2. The number of rotatable bonds is 12. The smallest absolute Gasteiger partial charge is 0.338 e. The molecule has 14 heteroatoms. The minimum atomic E-state index is -0.967. The molecule has 12 nitrogen and oxygen atoms in total. The van der Waals surface area contributed by atoms with Gasteiger partial charge in [-0.3, -0.25) is 14.2 Å². The Morgan fingerprint density at radius 2 is 1.17 bits per heavy atom. The topological polar surface area (TPSA) is 151 Å². The number of aryl methyl sites for hydroxylation is 1. The molecular weight excluding hydrogens is 785 g/mol. The van der Waals surface area contributed by atoms with E-state index in [4.69, 9.17) is 34.0 Å². The number of hydrogen-bond donors (Lipinski definition) is 2. The highest BCUT2D eigenvalue weighted by atomic mass is 35.5. The van der Waals surface area contributed by atoms with Crippen molar-refractivity contribution in [1.82, 2.24) is 38.3 Å². The quantitative estimate of drug-likeness (QED) is 0.116. The Hall–Kier alpha value is -6.08. The first-order chi connectivity index (χ1) is 28.6. The highest BCUT2D eigenvalue weighted by Gasteiger charge is 2.24. The summed E-state index contributed by atoms with van der Waals surface area (Å²) in [6.07, 6.45) is 20.9. The summed E-state index contributed by atoms with van der Waals surface area (Å²) in [6, 6.07) is 23.6. The molecule has 0 bridgehead atoms. The second-order valence-electron chi connectivity index (χ2n) is 15.0. The minimum absolute atomic E-state index is 0.0836. The Labute approximate surface area is 350 Å². The number of nitrogens with two attached hydrogens (primary N) is 1. The lowest BCUT2D eigenvalue weighted by Gasteiger charge is -2.01. The number of pyridine rings is 2. The number of Topliss-reactive ketones (excluding diaryl/α,β-unsaturated/α-hetero) is 1. The minimum Gasteiger partial charge on any atom is -0.478 e. The summed E-state index contributed by atoms with van der Waals surface area (Å²) in [7, 11) is 0. The van der Waals surface area contributed by atoms with Crippen LogP contribution in [-0.2, 0) is 26.1 Å². The molecule has 2 fully saturated rings. The number of imidazole rings is 2. The molecule has 2 aliphatic carbocycles. The summed E-state index contributed by atoms with van der Waals surface area (Å²) in [5.74, 6) is 0.548. The number of carboxylic acid groups (broad SMARTS) is 1. The molecule has 0 saturated heterocycles. The molecule has 6 aromatic heterocycles. The zero-order chi connectivity index (χ0) is 40.9. The summed E-state index contributed by atoms with van der Waals surface area (Å²) >= 11 is 11.7. The van der Waals surface area contributed by atoms with Crippen molar-refractivity contribution < 1.29 is 14.7 Å². The molecule has 0 spiro atoms. The summed E-state index contributed by atoms with van der Waals surface area (Å²) in [4.78, 5) is 32.6. The Kier molecular flexibility index (Phi) is 12.0. The van der Waals surface area contributed by atoms with Crippen LogP contribution in [0.1, 0.15) is 98.3 Å². The van der Waals surface area contributed by atoms with E-state index < -0.39 is 5.97 Å². The lowest BCUT2D eigenvalue weighted by molar-refractivity contribution is 0.0696. The van der Waals surface area contributed by atoms with Crippen LogP contribution >= 0.6 is 23.2 Å². The maximum atomic E-state index is 12.5. The van der Waals surface area contributed by atoms with Crippen LogP contribution in [0.3, 0.4) is 0 Å². The predicted octanol–water partition coefficient (Wildman–Crippen LogP) is 8.88. The summed E-state index contributed by atoms with van der Waals surface area (Å²) in [5.41, 5.74) is 14.7. The van der Waals surface area contributed by atoms with Gasteiger partial charge in [-0.2, -0.15) is 10.2 Å². The molecule has 0 amide bonds. The van der Waals surface area contributed by atoms with Gasteiger partial charge >= 0.3 is 5.97 Å². The highest BCUT2D eigenvalue weighted by Crippen LogP contribution is 2.40. The average Bonchev–Trinajstić information content (AvgIpc) is 4.07.